The highest BCUT2D eigenvalue weighted by Gasteiger charge is 2.61. The number of ketones is 2. The third kappa shape index (κ3) is 2.46. The lowest BCUT2D eigenvalue weighted by Crippen LogP contribution is -2.52. The number of hydrogen-bond donors (Lipinski definition) is 1. The highest BCUT2D eigenvalue weighted by atomic mass is 16.6. The van der Waals surface area contributed by atoms with Gasteiger partial charge < -0.3 is 5.11 Å². The summed E-state index contributed by atoms with van der Waals surface area (Å²) in [6.07, 6.45) is -1.21. The van der Waals surface area contributed by atoms with Gasteiger partial charge in [0.05, 0.1) is 12.0 Å². The highest BCUT2D eigenvalue weighted by Crippen LogP contribution is 2.46. The smallest absolute Gasteiger partial charge is 0.210 e. The van der Waals surface area contributed by atoms with Gasteiger partial charge in [-0.1, -0.05) is 54.6 Å². The zero-order chi connectivity index (χ0) is 18.2. The molecule has 2 atom stereocenters. The fourth-order valence-electron chi connectivity index (χ4n) is 3.73. The molecule has 128 valence electrons. The number of benzene rings is 2. The number of nitro groups is 1. The second kappa shape index (κ2) is 6.22. The number of fused-ring (bicyclic) bond motifs is 1. The molecule has 0 fully saturated rings. The van der Waals surface area contributed by atoms with Crippen molar-refractivity contribution in [3.63, 3.8) is 0 Å². The summed E-state index contributed by atoms with van der Waals surface area (Å²) in [5.41, 5.74) is -0.934. The summed E-state index contributed by atoms with van der Waals surface area (Å²) in [6.45, 7) is 0.695. The molecule has 2 unspecified atom stereocenters. The van der Waals surface area contributed by atoms with Gasteiger partial charge in [-0.25, -0.2) is 0 Å². The van der Waals surface area contributed by atoms with E-state index < -0.39 is 40.5 Å². The molecule has 2 aromatic rings. The third-order valence-corrected chi connectivity index (χ3v) is 4.85. The minimum atomic E-state index is -1.79. The van der Waals surface area contributed by atoms with Crippen LogP contribution in [0.25, 0.3) is 0 Å². The van der Waals surface area contributed by atoms with Gasteiger partial charge in [0.2, 0.25) is 6.54 Å². The van der Waals surface area contributed by atoms with Crippen molar-refractivity contribution in [3.8, 4) is 0 Å². The van der Waals surface area contributed by atoms with E-state index in [0.717, 1.165) is 0 Å². The summed E-state index contributed by atoms with van der Waals surface area (Å²) >= 11 is 0. The molecule has 0 amide bonds. The molecule has 1 aliphatic carbocycles. The van der Waals surface area contributed by atoms with Crippen molar-refractivity contribution >= 4 is 11.6 Å². The lowest BCUT2D eigenvalue weighted by Gasteiger charge is -2.34. The Balaban J connectivity index is 2.31. The number of aliphatic hydroxyl groups excluding tert-OH is 1. The van der Waals surface area contributed by atoms with Gasteiger partial charge in [-0.05, 0) is 12.5 Å². The van der Waals surface area contributed by atoms with Crippen molar-refractivity contribution in [1.82, 2.24) is 0 Å². The average Bonchev–Trinajstić information content (AvgIpc) is 2.82. The Hall–Kier alpha value is -2.86. The van der Waals surface area contributed by atoms with Crippen LogP contribution in [0, 0.1) is 16.0 Å². The second-order valence-electron chi connectivity index (χ2n) is 6.24. The normalized spacial score (nSPS) is 17.8. The molecule has 1 N–H and O–H groups in total. The molecule has 6 heteroatoms. The van der Waals surface area contributed by atoms with Gasteiger partial charge >= 0.3 is 0 Å². The fourth-order valence-corrected chi connectivity index (χ4v) is 3.73. The van der Waals surface area contributed by atoms with Crippen molar-refractivity contribution < 1.29 is 19.6 Å². The van der Waals surface area contributed by atoms with E-state index in [1.54, 1.807) is 54.6 Å². The summed E-state index contributed by atoms with van der Waals surface area (Å²) in [4.78, 5) is 37.2. The number of Topliss-reactive ketones (excluding diaryl/α,β-unsaturated/α-hetero) is 2. The summed E-state index contributed by atoms with van der Waals surface area (Å²) < 4.78 is 0. The number of rotatable bonds is 5. The van der Waals surface area contributed by atoms with Crippen molar-refractivity contribution in [2.24, 2.45) is 5.92 Å². The van der Waals surface area contributed by atoms with E-state index in [0.29, 0.717) is 5.56 Å². The molecule has 0 heterocycles. The Bertz CT molecular complexity index is 809. The van der Waals surface area contributed by atoms with E-state index in [2.05, 4.69) is 0 Å². The monoisotopic (exact) mass is 339 g/mol. The summed E-state index contributed by atoms with van der Waals surface area (Å²) in [6, 6.07) is 14.7. The van der Waals surface area contributed by atoms with Gasteiger partial charge in [-0.3, -0.25) is 19.7 Å². The molecule has 0 radical (unpaired) electrons. The maximum atomic E-state index is 13.3. The van der Waals surface area contributed by atoms with Crippen LogP contribution in [0.2, 0.25) is 0 Å². The lowest BCUT2D eigenvalue weighted by molar-refractivity contribution is -0.491. The third-order valence-electron chi connectivity index (χ3n) is 4.85. The molecule has 0 saturated carbocycles. The second-order valence-corrected chi connectivity index (χ2v) is 6.24. The van der Waals surface area contributed by atoms with Gasteiger partial charge in [0.1, 0.15) is 5.41 Å². The zero-order valence-corrected chi connectivity index (χ0v) is 13.6. The van der Waals surface area contributed by atoms with E-state index in [9.17, 15) is 24.8 Å². The standard InChI is InChI=1S/C19H17NO5/c1-12(21)16(11-20(24)25)19(13-7-3-2-4-8-13)17(22)14-9-5-6-10-15(14)18(19)23/h2-10,12,16,21H,11H2,1H3. The Morgan fingerprint density at radius 1 is 1.00 bits per heavy atom. The number of carbonyl (C=O) groups excluding carboxylic acids is 2. The van der Waals surface area contributed by atoms with Crippen LogP contribution in [0.3, 0.4) is 0 Å². The van der Waals surface area contributed by atoms with Crippen LogP contribution in [0.15, 0.2) is 54.6 Å². The minimum absolute atomic E-state index is 0.241. The predicted molar refractivity (Wildman–Crippen MR) is 90.3 cm³/mol. The van der Waals surface area contributed by atoms with E-state index in [1.165, 1.54) is 6.92 Å². The van der Waals surface area contributed by atoms with Crippen LogP contribution < -0.4 is 0 Å². The molecule has 3 rings (SSSR count). The van der Waals surface area contributed by atoms with Crippen molar-refractivity contribution in [1.29, 1.82) is 0 Å². The number of nitrogens with zero attached hydrogens (tertiary/aromatic N) is 1. The first kappa shape index (κ1) is 17.0. The largest absolute Gasteiger partial charge is 0.393 e. The Morgan fingerprint density at radius 3 is 1.92 bits per heavy atom. The maximum absolute atomic E-state index is 13.3. The lowest BCUT2D eigenvalue weighted by atomic mass is 9.65. The van der Waals surface area contributed by atoms with Crippen LogP contribution in [0.1, 0.15) is 33.2 Å². The van der Waals surface area contributed by atoms with Crippen molar-refractivity contribution in [2.45, 2.75) is 18.4 Å². The van der Waals surface area contributed by atoms with Crippen LogP contribution in [0.5, 0.6) is 0 Å². The van der Waals surface area contributed by atoms with Crippen LogP contribution in [-0.4, -0.2) is 34.2 Å². The van der Waals surface area contributed by atoms with Crippen LogP contribution >= 0.6 is 0 Å². The SMILES string of the molecule is CC(O)C(C[N+](=O)[O-])C1(c2ccccc2)C(=O)c2ccccc2C1=O. The first-order chi connectivity index (χ1) is 11.9. The summed E-state index contributed by atoms with van der Waals surface area (Å²) in [5.74, 6) is -2.16. The van der Waals surface area contributed by atoms with Gasteiger partial charge in [-0.2, -0.15) is 0 Å². The molecular formula is C19H17NO5. The first-order valence-corrected chi connectivity index (χ1v) is 7.94. The van der Waals surface area contributed by atoms with Crippen molar-refractivity contribution in [2.75, 3.05) is 6.54 Å². The Morgan fingerprint density at radius 2 is 1.48 bits per heavy atom. The van der Waals surface area contributed by atoms with Crippen LogP contribution in [-0.2, 0) is 5.41 Å². The van der Waals surface area contributed by atoms with Gasteiger partial charge in [-0.15, -0.1) is 0 Å². The summed E-state index contributed by atoms with van der Waals surface area (Å²) in [7, 11) is 0. The molecule has 0 bridgehead atoms. The maximum Gasteiger partial charge on any atom is 0.210 e. The molecule has 25 heavy (non-hydrogen) atoms. The van der Waals surface area contributed by atoms with E-state index in [4.69, 9.17) is 0 Å². The molecule has 0 spiro atoms. The fraction of sp³-hybridized carbons (Fsp3) is 0.263. The molecule has 0 saturated heterocycles. The molecule has 1 aliphatic rings. The summed E-state index contributed by atoms with van der Waals surface area (Å²) in [5, 5.41) is 21.5. The Labute approximate surface area is 144 Å². The highest BCUT2D eigenvalue weighted by molar-refractivity contribution is 6.33. The van der Waals surface area contributed by atoms with Gasteiger partial charge in [0, 0.05) is 16.1 Å². The number of hydrogen-bond acceptors (Lipinski definition) is 5. The number of carbonyl (C=O) groups is 2. The molecular weight excluding hydrogens is 322 g/mol. The number of aliphatic hydroxyl groups is 1. The Kier molecular flexibility index (Phi) is 4.22. The predicted octanol–water partition coefficient (Wildman–Crippen LogP) is 2.28. The van der Waals surface area contributed by atoms with E-state index in [-0.39, 0.29) is 11.1 Å². The van der Waals surface area contributed by atoms with E-state index in [1.807, 2.05) is 0 Å². The van der Waals surface area contributed by atoms with Gasteiger partial charge in [0.15, 0.2) is 11.6 Å². The molecule has 0 aliphatic heterocycles. The first-order valence-electron chi connectivity index (χ1n) is 7.94. The molecule has 2 aromatic carbocycles. The van der Waals surface area contributed by atoms with Crippen molar-refractivity contribution in [3.05, 3.63) is 81.4 Å². The topological polar surface area (TPSA) is 97.5 Å². The molecule has 6 nitrogen and oxygen atoms in total. The quantitative estimate of drug-likeness (QED) is 0.512. The van der Waals surface area contributed by atoms with Gasteiger partial charge in [0.25, 0.3) is 0 Å². The molecule has 0 aromatic heterocycles. The zero-order valence-electron chi connectivity index (χ0n) is 13.6. The minimum Gasteiger partial charge on any atom is -0.393 e. The average molecular weight is 339 g/mol. The van der Waals surface area contributed by atoms with E-state index >= 15 is 0 Å². The van der Waals surface area contributed by atoms with Crippen LogP contribution in [0.4, 0.5) is 0 Å².